The summed E-state index contributed by atoms with van der Waals surface area (Å²) in [5.41, 5.74) is 1.34. The first-order chi connectivity index (χ1) is 19.9. The molecule has 10 nitrogen and oxygen atoms in total. The number of fused-ring (bicyclic) bond motifs is 6. The van der Waals surface area contributed by atoms with Gasteiger partial charge in [0.25, 0.3) is 5.91 Å². The molecule has 0 N–H and O–H groups in total. The molecule has 3 heterocycles. The maximum Gasteiger partial charge on any atom is 0.510 e. The molecule has 1 spiro atoms. The number of benzene rings is 2. The second-order valence-electron chi connectivity index (χ2n) is 10.4. The predicted octanol–water partition coefficient (Wildman–Crippen LogP) is 3.18. The molecule has 2 aromatic carbocycles. The quantitative estimate of drug-likeness (QED) is 0.352. The van der Waals surface area contributed by atoms with Crippen LogP contribution in [0.1, 0.15) is 51.6 Å². The molecule has 0 bridgehead atoms. The molecule has 1 amide bonds. The normalized spacial score (nSPS) is 21.4. The number of carbonyl (C=O) groups excluding carboxylic acids is 2. The third-order valence-corrected chi connectivity index (χ3v) is 8.39. The van der Waals surface area contributed by atoms with Crippen LogP contribution in [0.15, 0.2) is 53.5 Å². The van der Waals surface area contributed by atoms with Crippen molar-refractivity contribution in [1.29, 1.82) is 0 Å². The van der Waals surface area contributed by atoms with E-state index in [2.05, 4.69) is 4.74 Å². The molecule has 7 rings (SSSR count). The van der Waals surface area contributed by atoms with Crippen LogP contribution < -0.4 is 15.2 Å². The van der Waals surface area contributed by atoms with Crippen LogP contribution in [-0.4, -0.2) is 61.5 Å². The van der Waals surface area contributed by atoms with Gasteiger partial charge in [-0.1, -0.05) is 30.3 Å². The maximum atomic E-state index is 15.7. The Morgan fingerprint density at radius 3 is 2.68 bits per heavy atom. The Labute approximate surface area is 232 Å². The number of rotatable bonds is 4. The van der Waals surface area contributed by atoms with E-state index in [1.165, 1.54) is 16.9 Å². The van der Waals surface area contributed by atoms with E-state index in [1.54, 1.807) is 11.0 Å². The van der Waals surface area contributed by atoms with E-state index in [9.17, 15) is 18.8 Å². The number of aromatic nitrogens is 1. The summed E-state index contributed by atoms with van der Waals surface area (Å²) in [6.45, 7) is -0.0255. The second kappa shape index (κ2) is 9.30. The van der Waals surface area contributed by atoms with Gasteiger partial charge in [-0.2, -0.15) is 0 Å². The monoisotopic (exact) mass is 565 g/mol. The van der Waals surface area contributed by atoms with Crippen LogP contribution in [0.2, 0.25) is 0 Å². The number of pyridine rings is 1. The Balaban J connectivity index is 1.45. The number of carbonyl (C=O) groups is 2. The van der Waals surface area contributed by atoms with Crippen molar-refractivity contribution in [2.75, 3.05) is 38.7 Å². The number of nitrogens with zero attached hydrogens (tertiary/aromatic N) is 3. The summed E-state index contributed by atoms with van der Waals surface area (Å²) in [5, 5.41) is 1.85. The van der Waals surface area contributed by atoms with Crippen molar-refractivity contribution >= 4 is 12.1 Å². The second-order valence-corrected chi connectivity index (χ2v) is 10.4. The van der Waals surface area contributed by atoms with Crippen molar-refractivity contribution in [2.45, 2.75) is 30.5 Å². The topological polar surface area (TPSA) is 99.5 Å². The van der Waals surface area contributed by atoms with Crippen molar-refractivity contribution in [3.8, 4) is 5.75 Å². The number of methoxy groups -OCH3 is 1. The summed E-state index contributed by atoms with van der Waals surface area (Å²) in [5.74, 6) is -2.60. The van der Waals surface area contributed by atoms with Crippen molar-refractivity contribution in [3.63, 3.8) is 0 Å². The summed E-state index contributed by atoms with van der Waals surface area (Å²) in [6.07, 6.45) is 1.16. The summed E-state index contributed by atoms with van der Waals surface area (Å²) in [6, 6.07) is 11.0. The molecule has 0 unspecified atom stereocenters. The van der Waals surface area contributed by atoms with Gasteiger partial charge in [0.05, 0.1) is 26.4 Å². The zero-order valence-corrected chi connectivity index (χ0v) is 22.0. The van der Waals surface area contributed by atoms with E-state index in [0.717, 1.165) is 24.3 Å². The van der Waals surface area contributed by atoms with E-state index in [0.29, 0.717) is 24.0 Å². The van der Waals surface area contributed by atoms with E-state index in [4.69, 9.17) is 14.2 Å². The molecule has 2 aliphatic heterocycles. The molecule has 1 aromatic heterocycles. The van der Waals surface area contributed by atoms with E-state index in [-0.39, 0.29) is 31.2 Å². The number of amides is 1. The molecule has 2 aliphatic carbocycles. The zero-order chi connectivity index (χ0) is 28.5. The molecule has 2 atom stereocenters. The predicted molar refractivity (Wildman–Crippen MR) is 138 cm³/mol. The van der Waals surface area contributed by atoms with Crippen molar-refractivity contribution in [2.24, 2.45) is 0 Å². The molecule has 0 radical (unpaired) electrons. The van der Waals surface area contributed by atoms with Gasteiger partial charge >= 0.3 is 6.16 Å². The highest BCUT2D eigenvalue weighted by molar-refractivity contribution is 5.96. The molecule has 41 heavy (non-hydrogen) atoms. The van der Waals surface area contributed by atoms with Gasteiger partial charge in [0.1, 0.15) is 6.17 Å². The highest BCUT2D eigenvalue weighted by Crippen LogP contribution is 2.61. The van der Waals surface area contributed by atoms with Crippen LogP contribution in [0.25, 0.3) is 0 Å². The summed E-state index contributed by atoms with van der Waals surface area (Å²) in [7, 11) is 1.13. The minimum absolute atomic E-state index is 0.0857. The van der Waals surface area contributed by atoms with Gasteiger partial charge in [0.15, 0.2) is 17.3 Å². The van der Waals surface area contributed by atoms with Gasteiger partial charge in [-0.3, -0.25) is 19.3 Å². The SMILES string of the molecule is COC(=O)OCOc1c2n(ccc1=O)N([C@@H]1c3ccccc3C3(CC3)c3c1ccc(F)c3F)[C@@H]1COCCN1C2=O. The largest absolute Gasteiger partial charge is 0.510 e. The van der Waals surface area contributed by atoms with E-state index in [1.807, 2.05) is 29.3 Å². The first kappa shape index (κ1) is 25.5. The molecule has 1 saturated heterocycles. The maximum absolute atomic E-state index is 15.7. The fourth-order valence-corrected chi connectivity index (χ4v) is 6.54. The molecule has 4 aliphatic rings. The average molecular weight is 566 g/mol. The third-order valence-electron chi connectivity index (χ3n) is 8.39. The van der Waals surface area contributed by atoms with Crippen molar-refractivity contribution in [3.05, 3.63) is 98.5 Å². The third kappa shape index (κ3) is 3.66. The molecule has 212 valence electrons. The van der Waals surface area contributed by atoms with Crippen LogP contribution in [0.5, 0.6) is 5.75 Å². The number of ether oxygens (including phenoxy) is 4. The Hall–Kier alpha value is -4.45. The summed E-state index contributed by atoms with van der Waals surface area (Å²) >= 11 is 0. The van der Waals surface area contributed by atoms with Gasteiger partial charge in [-0.05, 0) is 35.6 Å². The van der Waals surface area contributed by atoms with Gasteiger partial charge in [0, 0.05) is 29.8 Å². The van der Waals surface area contributed by atoms with Crippen molar-refractivity contribution < 1.29 is 37.3 Å². The van der Waals surface area contributed by atoms with Crippen LogP contribution in [0.3, 0.4) is 0 Å². The Bertz CT molecular complexity index is 1650. The Morgan fingerprint density at radius 1 is 1.10 bits per heavy atom. The smallest absolute Gasteiger partial charge is 0.451 e. The first-order valence-electron chi connectivity index (χ1n) is 13.2. The standard InChI is InChI=1S/C29H25F2N3O7/c1-38-28(37)41-15-40-26-20(35)8-11-33-25(26)27(36)32-12-13-39-14-21(32)34(33)24-16-4-2-3-5-18(16)29(9-10-29)22-17(24)6-7-19(30)23(22)31/h2-8,11,21,24H,9-10,12-15H2,1H3/t21-,24-/m1/s1. The van der Waals surface area contributed by atoms with E-state index < -0.39 is 53.5 Å². The number of hydrogen-bond donors (Lipinski definition) is 0. The lowest BCUT2D eigenvalue weighted by molar-refractivity contribution is -0.0210. The molecular weight excluding hydrogens is 540 g/mol. The molecule has 3 aromatic rings. The van der Waals surface area contributed by atoms with Gasteiger partial charge in [0.2, 0.25) is 18.0 Å². The molecule has 1 saturated carbocycles. The molecule has 12 heteroatoms. The Morgan fingerprint density at radius 2 is 1.90 bits per heavy atom. The highest BCUT2D eigenvalue weighted by Gasteiger charge is 2.56. The van der Waals surface area contributed by atoms with Crippen LogP contribution in [-0.2, 0) is 19.6 Å². The molecule has 2 fully saturated rings. The Kier molecular flexibility index (Phi) is 5.79. The highest BCUT2D eigenvalue weighted by atomic mass is 19.2. The minimum Gasteiger partial charge on any atom is -0.451 e. The van der Waals surface area contributed by atoms with Crippen LogP contribution in [0.4, 0.5) is 13.6 Å². The lowest BCUT2D eigenvalue weighted by atomic mass is 9.72. The van der Waals surface area contributed by atoms with Gasteiger partial charge in [-0.15, -0.1) is 0 Å². The van der Waals surface area contributed by atoms with Crippen LogP contribution >= 0.6 is 0 Å². The summed E-state index contributed by atoms with van der Waals surface area (Å²) in [4.78, 5) is 39.9. The van der Waals surface area contributed by atoms with Gasteiger partial charge in [-0.25, -0.2) is 13.6 Å². The van der Waals surface area contributed by atoms with Gasteiger partial charge < -0.3 is 23.8 Å². The summed E-state index contributed by atoms with van der Waals surface area (Å²) < 4.78 is 52.5. The average Bonchev–Trinajstić information content (AvgIpc) is 3.78. The fourth-order valence-electron chi connectivity index (χ4n) is 6.54. The number of halogens is 2. The first-order valence-corrected chi connectivity index (χ1v) is 13.2. The number of hydrogen-bond acceptors (Lipinski definition) is 8. The minimum atomic E-state index is -1.02. The lowest BCUT2D eigenvalue weighted by Crippen LogP contribution is -2.66. The molecular formula is C29H25F2N3O7. The van der Waals surface area contributed by atoms with E-state index >= 15 is 4.39 Å². The lowest BCUT2D eigenvalue weighted by Gasteiger charge is -2.53. The number of morpholine rings is 1. The zero-order valence-electron chi connectivity index (χ0n) is 22.0. The van der Waals surface area contributed by atoms with Crippen LogP contribution in [0, 0.1) is 11.6 Å². The fraction of sp³-hybridized carbons (Fsp3) is 0.345. The van der Waals surface area contributed by atoms with Crippen molar-refractivity contribution in [1.82, 2.24) is 9.58 Å².